The van der Waals surface area contributed by atoms with Gasteiger partial charge in [-0.25, -0.2) is 4.39 Å². The minimum Gasteiger partial charge on any atom is -0.316 e. The molecule has 0 fully saturated rings. The average Bonchev–Trinajstić information content (AvgIpc) is 2.61. The zero-order valence-electron chi connectivity index (χ0n) is 15.0. The summed E-state index contributed by atoms with van der Waals surface area (Å²) < 4.78 is 13.0. The monoisotopic (exact) mass is 343 g/mol. The molecule has 25 heavy (non-hydrogen) atoms. The second kappa shape index (κ2) is 7.55. The van der Waals surface area contributed by atoms with Gasteiger partial charge in [-0.15, -0.1) is 0 Å². The number of rotatable bonds is 5. The summed E-state index contributed by atoms with van der Waals surface area (Å²) in [6.07, 6.45) is 1.11. The number of hydrogen-bond acceptors (Lipinski definition) is 3. The van der Waals surface area contributed by atoms with Crippen LogP contribution in [-0.2, 0) is 14.4 Å². The van der Waals surface area contributed by atoms with Gasteiger partial charge in [-0.3, -0.25) is 14.4 Å². The molecule has 1 aliphatic carbocycles. The Balaban J connectivity index is 1.98. The Kier molecular flexibility index (Phi) is 5.67. The molecule has 1 aliphatic rings. The van der Waals surface area contributed by atoms with Crippen molar-refractivity contribution in [3.05, 3.63) is 52.4 Å². The molecule has 0 heterocycles. The number of allylic oxidation sites excluding steroid dienone is 4. The summed E-state index contributed by atoms with van der Waals surface area (Å²) in [6.45, 7) is 4.99. The third kappa shape index (κ3) is 3.92. The second-order valence-electron chi connectivity index (χ2n) is 6.29. The minimum absolute atomic E-state index is 0.0955. The van der Waals surface area contributed by atoms with Gasteiger partial charge in [0.25, 0.3) is 0 Å². The highest BCUT2D eigenvalue weighted by molar-refractivity contribution is 6.24. The van der Waals surface area contributed by atoms with E-state index in [0.29, 0.717) is 40.8 Å². The molecule has 0 aliphatic heterocycles. The third-order valence-electron chi connectivity index (χ3n) is 4.72. The van der Waals surface area contributed by atoms with E-state index in [1.165, 1.54) is 17.0 Å². The second-order valence-corrected chi connectivity index (χ2v) is 6.29. The van der Waals surface area contributed by atoms with Crippen LogP contribution in [0.25, 0.3) is 0 Å². The van der Waals surface area contributed by atoms with E-state index in [4.69, 9.17) is 0 Å². The van der Waals surface area contributed by atoms with Crippen LogP contribution in [0.1, 0.15) is 40.0 Å². The molecule has 0 radical (unpaired) electrons. The van der Waals surface area contributed by atoms with Crippen molar-refractivity contribution in [1.82, 2.24) is 0 Å². The molecular formula is C20H22FNO3. The van der Waals surface area contributed by atoms with Crippen molar-refractivity contribution in [3.63, 3.8) is 0 Å². The molecule has 1 aromatic carbocycles. The zero-order chi connectivity index (χ0) is 18.7. The van der Waals surface area contributed by atoms with Crippen molar-refractivity contribution in [2.24, 2.45) is 0 Å². The number of carbonyl (C=O) groups is 3. The summed E-state index contributed by atoms with van der Waals surface area (Å²) in [5, 5.41) is 0. The van der Waals surface area contributed by atoms with Gasteiger partial charge >= 0.3 is 0 Å². The van der Waals surface area contributed by atoms with Gasteiger partial charge in [0.15, 0.2) is 11.6 Å². The van der Waals surface area contributed by atoms with Crippen molar-refractivity contribution >= 4 is 23.2 Å². The molecule has 1 aromatic rings. The maximum Gasteiger partial charge on any atom is 0.226 e. The molecule has 5 heteroatoms. The highest BCUT2D eigenvalue weighted by Crippen LogP contribution is 2.27. The topological polar surface area (TPSA) is 54.5 Å². The van der Waals surface area contributed by atoms with Gasteiger partial charge in [0.2, 0.25) is 5.91 Å². The van der Waals surface area contributed by atoms with E-state index in [1.54, 1.807) is 40.0 Å². The van der Waals surface area contributed by atoms with Crippen molar-refractivity contribution in [1.29, 1.82) is 0 Å². The first kappa shape index (κ1) is 18.8. The Morgan fingerprint density at radius 1 is 0.960 bits per heavy atom. The minimum atomic E-state index is -0.355. The lowest BCUT2D eigenvalue weighted by molar-refractivity contribution is -0.118. The number of benzene rings is 1. The lowest BCUT2D eigenvalue weighted by Gasteiger charge is -2.20. The van der Waals surface area contributed by atoms with E-state index in [2.05, 4.69) is 0 Å². The van der Waals surface area contributed by atoms with Crippen LogP contribution in [0.5, 0.6) is 0 Å². The van der Waals surface area contributed by atoms with E-state index < -0.39 is 0 Å². The fourth-order valence-electron chi connectivity index (χ4n) is 2.85. The van der Waals surface area contributed by atoms with Gasteiger partial charge < -0.3 is 4.90 Å². The highest BCUT2D eigenvalue weighted by atomic mass is 19.1. The van der Waals surface area contributed by atoms with E-state index >= 15 is 0 Å². The highest BCUT2D eigenvalue weighted by Gasteiger charge is 2.27. The number of carbonyl (C=O) groups excluding carboxylic acids is 3. The number of Topliss-reactive ketones (excluding diaryl/α,β-unsaturated/α-hetero) is 2. The van der Waals surface area contributed by atoms with Crippen LogP contribution in [0.3, 0.4) is 0 Å². The van der Waals surface area contributed by atoms with Crippen LogP contribution in [0.15, 0.2) is 46.6 Å². The van der Waals surface area contributed by atoms with Gasteiger partial charge in [-0.1, -0.05) is 0 Å². The van der Waals surface area contributed by atoms with E-state index in [0.717, 1.165) is 0 Å². The standard InChI is InChI=1S/C20H22FNO3/c1-12-13(2)20(25)17(14(3)19(12)24)6-5-7-18(23)22(4)16-10-8-15(21)9-11-16/h8-11H,5-7H2,1-4H3. The van der Waals surface area contributed by atoms with E-state index in [1.807, 2.05) is 0 Å². The van der Waals surface area contributed by atoms with Crippen molar-refractivity contribution in [3.8, 4) is 0 Å². The predicted octanol–water partition coefficient (Wildman–Crippen LogP) is 3.76. The quantitative estimate of drug-likeness (QED) is 0.765. The van der Waals surface area contributed by atoms with Crippen molar-refractivity contribution in [2.45, 2.75) is 40.0 Å². The van der Waals surface area contributed by atoms with Crippen LogP contribution in [0, 0.1) is 5.82 Å². The average molecular weight is 343 g/mol. The first-order valence-electron chi connectivity index (χ1n) is 8.22. The number of halogens is 1. The lowest BCUT2D eigenvalue weighted by Crippen LogP contribution is -2.26. The van der Waals surface area contributed by atoms with E-state index in [9.17, 15) is 18.8 Å². The molecular weight excluding hydrogens is 321 g/mol. The molecule has 4 nitrogen and oxygen atoms in total. The number of hydrogen-bond donors (Lipinski definition) is 0. The molecule has 0 saturated heterocycles. The summed E-state index contributed by atoms with van der Waals surface area (Å²) in [7, 11) is 1.63. The van der Waals surface area contributed by atoms with Crippen LogP contribution in [-0.4, -0.2) is 24.5 Å². The number of ketones is 2. The summed E-state index contributed by atoms with van der Waals surface area (Å²) in [5.74, 6) is -0.676. The first-order chi connectivity index (χ1) is 11.7. The first-order valence-corrected chi connectivity index (χ1v) is 8.22. The molecule has 0 N–H and O–H groups in total. The van der Waals surface area contributed by atoms with E-state index in [-0.39, 0.29) is 29.7 Å². The van der Waals surface area contributed by atoms with Crippen LogP contribution in [0.2, 0.25) is 0 Å². The zero-order valence-corrected chi connectivity index (χ0v) is 15.0. The Morgan fingerprint density at radius 2 is 1.52 bits per heavy atom. The summed E-state index contributed by atoms with van der Waals surface area (Å²) in [5.41, 5.74) is 2.58. The van der Waals surface area contributed by atoms with Crippen molar-refractivity contribution < 1.29 is 18.8 Å². The van der Waals surface area contributed by atoms with Crippen molar-refractivity contribution in [2.75, 3.05) is 11.9 Å². The maximum atomic E-state index is 13.0. The van der Waals surface area contributed by atoms with Crippen LogP contribution in [0.4, 0.5) is 10.1 Å². The van der Waals surface area contributed by atoms with Gasteiger partial charge in [-0.05, 0) is 57.9 Å². The number of anilines is 1. The molecule has 132 valence electrons. The van der Waals surface area contributed by atoms with Crippen LogP contribution < -0.4 is 4.90 Å². The summed E-state index contributed by atoms with van der Waals surface area (Å²) in [6, 6.07) is 5.69. The SMILES string of the molecule is CC1=C(C)C(=O)C(CCCC(=O)N(C)c2ccc(F)cc2)=C(C)C1=O. The Morgan fingerprint density at radius 3 is 2.12 bits per heavy atom. The fraction of sp³-hybridized carbons (Fsp3) is 0.350. The molecule has 0 spiro atoms. The number of amides is 1. The Bertz CT molecular complexity index is 788. The van der Waals surface area contributed by atoms with Crippen LogP contribution >= 0.6 is 0 Å². The lowest BCUT2D eigenvalue weighted by atomic mass is 9.84. The molecule has 0 aromatic heterocycles. The predicted molar refractivity (Wildman–Crippen MR) is 94.7 cm³/mol. The third-order valence-corrected chi connectivity index (χ3v) is 4.72. The van der Waals surface area contributed by atoms with Gasteiger partial charge in [0.05, 0.1) is 0 Å². The summed E-state index contributed by atoms with van der Waals surface area (Å²) in [4.78, 5) is 38.2. The molecule has 0 atom stereocenters. The molecule has 2 rings (SSSR count). The smallest absolute Gasteiger partial charge is 0.226 e. The van der Waals surface area contributed by atoms with Gasteiger partial charge in [0, 0.05) is 41.4 Å². The Hall–Kier alpha value is -2.56. The molecule has 0 bridgehead atoms. The normalized spacial score (nSPS) is 15.1. The molecule has 0 unspecified atom stereocenters. The molecule has 0 saturated carbocycles. The number of nitrogens with zero attached hydrogens (tertiary/aromatic N) is 1. The molecule has 1 amide bonds. The van der Waals surface area contributed by atoms with Gasteiger partial charge in [-0.2, -0.15) is 0 Å². The van der Waals surface area contributed by atoms with Gasteiger partial charge in [0.1, 0.15) is 5.82 Å². The Labute approximate surface area is 147 Å². The fourth-order valence-corrected chi connectivity index (χ4v) is 2.85. The summed E-state index contributed by atoms with van der Waals surface area (Å²) >= 11 is 0. The maximum absolute atomic E-state index is 13.0. The largest absolute Gasteiger partial charge is 0.316 e.